The van der Waals surface area contributed by atoms with Crippen LogP contribution in [-0.4, -0.2) is 46.9 Å². The van der Waals surface area contributed by atoms with E-state index in [9.17, 15) is 35.5 Å². The molecule has 3 aromatic rings. The zero-order valence-electron chi connectivity index (χ0n) is 17.0. The van der Waals surface area contributed by atoms with E-state index in [1.165, 1.54) is 23.1 Å². The van der Waals surface area contributed by atoms with Crippen molar-refractivity contribution in [3.8, 4) is 0 Å². The van der Waals surface area contributed by atoms with Crippen molar-refractivity contribution >= 4 is 16.8 Å². The van der Waals surface area contributed by atoms with Crippen LogP contribution in [0.1, 0.15) is 27.2 Å². The summed E-state index contributed by atoms with van der Waals surface area (Å²) in [5, 5.41) is 0.267. The quantitative estimate of drug-likeness (QED) is 0.525. The molecule has 2 aromatic carbocycles. The molecule has 33 heavy (non-hydrogen) atoms. The fourth-order valence-electron chi connectivity index (χ4n) is 3.85. The molecule has 0 radical (unpaired) electrons. The average molecular weight is 473 g/mol. The third kappa shape index (κ3) is 4.97. The van der Waals surface area contributed by atoms with E-state index in [2.05, 4.69) is 4.98 Å². The second-order valence-corrected chi connectivity index (χ2v) is 7.86. The van der Waals surface area contributed by atoms with Gasteiger partial charge < -0.3 is 9.88 Å². The number of aromatic nitrogens is 1. The Morgan fingerprint density at radius 1 is 0.879 bits per heavy atom. The molecule has 176 valence electrons. The van der Waals surface area contributed by atoms with E-state index in [4.69, 9.17) is 0 Å². The van der Waals surface area contributed by atoms with Gasteiger partial charge in [0.25, 0.3) is 5.91 Å². The monoisotopic (exact) mass is 473 g/mol. The summed E-state index contributed by atoms with van der Waals surface area (Å²) >= 11 is 0. The number of H-pyrrole nitrogens is 1. The highest BCUT2D eigenvalue weighted by Gasteiger charge is 2.34. The van der Waals surface area contributed by atoms with Crippen molar-refractivity contribution in [2.45, 2.75) is 18.9 Å². The van der Waals surface area contributed by atoms with Gasteiger partial charge in [-0.2, -0.15) is 26.3 Å². The first-order valence-corrected chi connectivity index (χ1v) is 9.99. The summed E-state index contributed by atoms with van der Waals surface area (Å²) in [5.74, 6) is -1.71. The molecule has 1 fully saturated rings. The van der Waals surface area contributed by atoms with Gasteiger partial charge in [-0.05, 0) is 42.0 Å². The number of hydrogen-bond acceptors (Lipinski definition) is 2. The van der Waals surface area contributed by atoms with Crippen molar-refractivity contribution < 1.29 is 35.5 Å². The number of rotatable bonds is 3. The number of carbonyl (C=O) groups is 1. The molecule has 2 heterocycles. The largest absolute Gasteiger partial charge is 0.419 e. The Morgan fingerprint density at radius 3 is 2.21 bits per heavy atom. The van der Waals surface area contributed by atoms with Crippen LogP contribution in [0.3, 0.4) is 0 Å². The van der Waals surface area contributed by atoms with Gasteiger partial charge in [-0.1, -0.05) is 6.07 Å². The molecule has 1 saturated heterocycles. The van der Waals surface area contributed by atoms with E-state index in [0.717, 1.165) is 24.3 Å². The van der Waals surface area contributed by atoms with Crippen LogP contribution in [0.25, 0.3) is 10.9 Å². The summed E-state index contributed by atoms with van der Waals surface area (Å²) in [6.07, 6.45) is -9.27. The van der Waals surface area contributed by atoms with Crippen LogP contribution in [0.15, 0.2) is 42.5 Å². The van der Waals surface area contributed by atoms with Crippen LogP contribution in [0.5, 0.6) is 0 Å². The number of amides is 1. The van der Waals surface area contributed by atoms with E-state index >= 15 is 0 Å². The minimum atomic E-state index is -4.79. The topological polar surface area (TPSA) is 39.3 Å². The van der Waals surface area contributed by atoms with E-state index in [-0.39, 0.29) is 36.6 Å². The molecule has 0 unspecified atom stereocenters. The number of carbonyl (C=O) groups excluding carboxylic acids is 1. The molecule has 1 aliphatic rings. The molecule has 0 atom stereocenters. The number of hydrogen-bond donors (Lipinski definition) is 1. The number of alkyl halides is 6. The lowest BCUT2D eigenvalue weighted by molar-refractivity contribution is -0.140. The third-order valence-electron chi connectivity index (χ3n) is 5.58. The van der Waals surface area contributed by atoms with Gasteiger partial charge in [-0.25, -0.2) is 4.39 Å². The first kappa shape index (κ1) is 23.1. The number of fused-ring (bicyclic) bond motifs is 1. The first-order chi connectivity index (χ1) is 15.4. The smallest absolute Gasteiger partial charge is 0.351 e. The maximum absolute atomic E-state index is 13.5. The van der Waals surface area contributed by atoms with Crippen molar-refractivity contribution in [2.24, 2.45) is 0 Å². The highest BCUT2D eigenvalue weighted by atomic mass is 19.4. The van der Waals surface area contributed by atoms with Crippen molar-refractivity contribution in [1.29, 1.82) is 0 Å². The summed E-state index contributed by atoms with van der Waals surface area (Å²) in [7, 11) is 0. The fraction of sp³-hybridized carbons (Fsp3) is 0.318. The molecule has 4 nitrogen and oxygen atoms in total. The second-order valence-electron chi connectivity index (χ2n) is 7.86. The number of benzene rings is 2. The van der Waals surface area contributed by atoms with Crippen LogP contribution in [0, 0.1) is 5.82 Å². The lowest BCUT2D eigenvalue weighted by atomic mass is 10.1. The van der Waals surface area contributed by atoms with E-state index in [1.807, 2.05) is 4.90 Å². The van der Waals surface area contributed by atoms with Crippen molar-refractivity contribution in [3.05, 3.63) is 70.7 Å². The van der Waals surface area contributed by atoms with Crippen LogP contribution in [0.4, 0.5) is 30.7 Å². The SMILES string of the molecule is O=C(c1cc2cc(C(F)(F)F)ccc2[nH]1)N1CCN(Cc2ccc(F)c(C(F)(F)F)c2)CC1. The van der Waals surface area contributed by atoms with Gasteiger partial charge in [0.1, 0.15) is 11.5 Å². The van der Waals surface area contributed by atoms with Crippen LogP contribution in [0.2, 0.25) is 0 Å². The number of nitrogens with zero attached hydrogens (tertiary/aromatic N) is 2. The molecular weight excluding hydrogens is 455 g/mol. The molecule has 0 saturated carbocycles. The van der Waals surface area contributed by atoms with Gasteiger partial charge in [0.05, 0.1) is 11.1 Å². The van der Waals surface area contributed by atoms with Gasteiger partial charge in [-0.3, -0.25) is 9.69 Å². The van der Waals surface area contributed by atoms with Crippen molar-refractivity contribution in [3.63, 3.8) is 0 Å². The van der Waals surface area contributed by atoms with Gasteiger partial charge >= 0.3 is 12.4 Å². The molecule has 1 N–H and O–H groups in total. The minimum Gasteiger partial charge on any atom is -0.351 e. The van der Waals surface area contributed by atoms with Gasteiger partial charge in [0.2, 0.25) is 0 Å². The molecule has 1 amide bonds. The number of halogens is 7. The fourth-order valence-corrected chi connectivity index (χ4v) is 3.85. The molecule has 11 heteroatoms. The predicted molar refractivity (Wildman–Crippen MR) is 106 cm³/mol. The van der Waals surface area contributed by atoms with E-state index < -0.39 is 29.3 Å². The zero-order chi connectivity index (χ0) is 24.0. The Bertz CT molecular complexity index is 1170. The Balaban J connectivity index is 1.40. The maximum atomic E-state index is 13.5. The standard InChI is InChI=1S/C22H18F7N3O/c23-17-3-1-13(9-16(17)22(27,28)29)12-31-5-7-32(8-6-31)20(33)19-11-14-10-15(21(24,25)26)2-4-18(14)30-19/h1-4,9-11,30H,5-8,12H2. The lowest BCUT2D eigenvalue weighted by Crippen LogP contribution is -2.48. The summed E-state index contributed by atoms with van der Waals surface area (Å²) in [5.41, 5.74) is -1.26. The third-order valence-corrected chi connectivity index (χ3v) is 5.58. The van der Waals surface area contributed by atoms with E-state index in [0.29, 0.717) is 24.2 Å². The summed E-state index contributed by atoms with van der Waals surface area (Å²) < 4.78 is 90.9. The number of piperazine rings is 1. The number of nitrogens with one attached hydrogen (secondary N) is 1. The van der Waals surface area contributed by atoms with Crippen molar-refractivity contribution in [1.82, 2.24) is 14.8 Å². The summed E-state index contributed by atoms with van der Waals surface area (Å²) in [6, 6.07) is 7.41. The van der Waals surface area contributed by atoms with E-state index in [1.54, 1.807) is 0 Å². The Morgan fingerprint density at radius 2 is 1.58 bits per heavy atom. The maximum Gasteiger partial charge on any atom is 0.419 e. The molecule has 0 aliphatic carbocycles. The van der Waals surface area contributed by atoms with Crippen LogP contribution in [-0.2, 0) is 18.9 Å². The molecular formula is C22H18F7N3O. The van der Waals surface area contributed by atoms with Gasteiger partial charge in [0.15, 0.2) is 0 Å². The lowest BCUT2D eigenvalue weighted by Gasteiger charge is -2.34. The van der Waals surface area contributed by atoms with Crippen LogP contribution >= 0.6 is 0 Å². The molecule has 0 bridgehead atoms. The highest BCUT2D eigenvalue weighted by molar-refractivity contribution is 5.98. The number of aromatic amines is 1. The Labute approximate surface area is 183 Å². The zero-order valence-corrected chi connectivity index (χ0v) is 17.0. The highest BCUT2D eigenvalue weighted by Crippen LogP contribution is 2.33. The predicted octanol–water partition coefficient (Wildman–Crippen LogP) is 5.30. The van der Waals surface area contributed by atoms with Crippen LogP contribution < -0.4 is 0 Å². The average Bonchev–Trinajstić information content (AvgIpc) is 3.17. The first-order valence-electron chi connectivity index (χ1n) is 9.99. The summed E-state index contributed by atoms with van der Waals surface area (Å²) in [6.45, 7) is 1.49. The molecule has 1 aliphatic heterocycles. The molecule has 1 aromatic heterocycles. The van der Waals surface area contributed by atoms with Gasteiger partial charge in [-0.15, -0.1) is 0 Å². The Hall–Kier alpha value is -3.08. The molecule has 4 rings (SSSR count). The van der Waals surface area contributed by atoms with Gasteiger partial charge in [0, 0.05) is 43.6 Å². The Kier molecular flexibility index (Phi) is 5.85. The normalized spacial score (nSPS) is 15.9. The second kappa shape index (κ2) is 8.36. The minimum absolute atomic E-state index is 0.158. The summed E-state index contributed by atoms with van der Waals surface area (Å²) in [4.78, 5) is 19.0. The van der Waals surface area contributed by atoms with Crippen molar-refractivity contribution in [2.75, 3.05) is 26.2 Å². The molecule has 0 spiro atoms.